The molecule has 7 nitrogen and oxygen atoms in total. The van der Waals surface area contributed by atoms with Gasteiger partial charge >= 0.3 is 0 Å². The van der Waals surface area contributed by atoms with Gasteiger partial charge in [-0.15, -0.1) is 0 Å². The van der Waals surface area contributed by atoms with E-state index in [9.17, 15) is 19.5 Å². The third-order valence-corrected chi connectivity index (χ3v) is 8.41. The molecular formula is C27H30N3O4+. The number of likely N-dealkylation sites (tertiary alicyclic amines) is 1. The molecule has 6 rings (SSSR count). The van der Waals surface area contributed by atoms with E-state index in [1.165, 1.54) is 0 Å². The van der Waals surface area contributed by atoms with Crippen LogP contribution in [0.2, 0.25) is 0 Å². The van der Waals surface area contributed by atoms with E-state index in [4.69, 9.17) is 0 Å². The average Bonchev–Trinajstić information content (AvgIpc) is 3.29. The second-order valence-corrected chi connectivity index (χ2v) is 10.3. The maximum absolute atomic E-state index is 14.0. The number of para-hydroxylation sites is 1. The van der Waals surface area contributed by atoms with Crippen molar-refractivity contribution in [3.63, 3.8) is 0 Å². The number of carbonyl (C=O) groups excluding carboxylic acids is 3. The molecule has 7 heteroatoms. The zero-order valence-electron chi connectivity index (χ0n) is 19.1. The molecule has 3 fully saturated rings. The fourth-order valence-electron chi connectivity index (χ4n) is 6.91. The quantitative estimate of drug-likeness (QED) is 0.482. The summed E-state index contributed by atoms with van der Waals surface area (Å²) in [6.45, 7) is 0. The van der Waals surface area contributed by atoms with Gasteiger partial charge in [-0.25, -0.2) is 0 Å². The van der Waals surface area contributed by atoms with E-state index in [1.54, 1.807) is 17.0 Å². The van der Waals surface area contributed by atoms with E-state index < -0.39 is 17.4 Å². The second-order valence-electron chi connectivity index (χ2n) is 10.3. The van der Waals surface area contributed by atoms with E-state index in [0.29, 0.717) is 6.42 Å². The Bertz CT molecular complexity index is 1150. The summed E-state index contributed by atoms with van der Waals surface area (Å²) in [6.07, 6.45) is 6.55. The van der Waals surface area contributed by atoms with E-state index >= 15 is 0 Å². The largest absolute Gasteiger partial charge is 0.508 e. The van der Waals surface area contributed by atoms with Gasteiger partial charge in [0, 0.05) is 18.0 Å². The highest BCUT2D eigenvalue weighted by Gasteiger charge is 2.74. The van der Waals surface area contributed by atoms with E-state index in [1.807, 2.05) is 41.7 Å². The molecule has 4 aliphatic rings. The first-order valence-corrected chi connectivity index (χ1v) is 12.4. The molecule has 1 aliphatic carbocycles. The molecule has 0 radical (unpaired) electrons. The molecule has 176 valence electrons. The van der Waals surface area contributed by atoms with Crippen LogP contribution in [0.25, 0.3) is 0 Å². The number of carbonyl (C=O) groups is 3. The van der Waals surface area contributed by atoms with Gasteiger partial charge in [-0.3, -0.25) is 19.3 Å². The number of aromatic hydroxyl groups is 1. The first-order chi connectivity index (χ1) is 16.5. The minimum atomic E-state index is -1.13. The van der Waals surface area contributed by atoms with Crippen LogP contribution in [-0.2, 0) is 26.3 Å². The van der Waals surface area contributed by atoms with Crippen molar-refractivity contribution in [3.05, 3.63) is 59.7 Å². The number of amides is 3. The van der Waals surface area contributed by atoms with Crippen molar-refractivity contribution in [2.45, 2.75) is 62.6 Å². The lowest BCUT2D eigenvalue weighted by Crippen LogP contribution is -2.99. The van der Waals surface area contributed by atoms with Gasteiger partial charge in [0.25, 0.3) is 5.91 Å². The Labute approximate surface area is 198 Å². The molecule has 2 aromatic rings. The van der Waals surface area contributed by atoms with Crippen molar-refractivity contribution in [2.75, 3.05) is 5.32 Å². The number of fused-ring (bicyclic) bond motifs is 4. The molecule has 2 saturated heterocycles. The lowest BCUT2D eigenvalue weighted by molar-refractivity contribution is -0.733. The maximum atomic E-state index is 14.0. The standard InChI is InChI=1S/C27H29N3O4/c31-18-13-11-16(12-14-18)15-21-22-23(25(33)30(24(22)32)17-7-3-1-2-4-8-17)27(29-21)19-9-5-6-10-20(19)28-26(27)34/h5-6,9-14,17,21-23,29,31H,1-4,7-8,15H2,(H,28,34)/p+1/t21-,22+,23-,27+/m0/s1. The molecule has 0 unspecified atom stereocenters. The Hall–Kier alpha value is -3.19. The van der Waals surface area contributed by atoms with E-state index in [-0.39, 0.29) is 35.6 Å². The van der Waals surface area contributed by atoms with Crippen molar-refractivity contribution < 1.29 is 24.8 Å². The number of nitrogens with two attached hydrogens (primary N) is 1. The first kappa shape index (κ1) is 21.4. The van der Waals surface area contributed by atoms with Crippen molar-refractivity contribution in [1.82, 2.24) is 4.90 Å². The summed E-state index contributed by atoms with van der Waals surface area (Å²) in [6, 6.07) is 14.2. The van der Waals surface area contributed by atoms with Crippen LogP contribution < -0.4 is 10.6 Å². The van der Waals surface area contributed by atoms with Crippen molar-refractivity contribution in [2.24, 2.45) is 11.8 Å². The number of hydrogen-bond acceptors (Lipinski definition) is 4. The Balaban J connectivity index is 1.44. The molecule has 34 heavy (non-hydrogen) atoms. The topological polar surface area (TPSA) is 103 Å². The monoisotopic (exact) mass is 460 g/mol. The number of phenolic OH excluding ortho intramolecular Hbond substituents is 1. The summed E-state index contributed by atoms with van der Waals surface area (Å²) in [5, 5.41) is 14.7. The number of phenols is 1. The predicted octanol–water partition coefficient (Wildman–Crippen LogP) is 2.05. The molecule has 3 heterocycles. The van der Waals surface area contributed by atoms with Crippen LogP contribution in [0.15, 0.2) is 48.5 Å². The minimum Gasteiger partial charge on any atom is -0.508 e. The van der Waals surface area contributed by atoms with Gasteiger partial charge in [0.1, 0.15) is 23.6 Å². The highest BCUT2D eigenvalue weighted by molar-refractivity contribution is 6.14. The number of imide groups is 1. The molecule has 4 N–H and O–H groups in total. The molecular weight excluding hydrogens is 430 g/mol. The summed E-state index contributed by atoms with van der Waals surface area (Å²) in [7, 11) is 0. The Kier molecular flexibility index (Phi) is 4.99. The summed E-state index contributed by atoms with van der Waals surface area (Å²) in [5.74, 6) is -1.59. The summed E-state index contributed by atoms with van der Waals surface area (Å²) in [5.41, 5.74) is 1.36. The number of hydrogen-bond donors (Lipinski definition) is 3. The number of nitrogens with one attached hydrogen (secondary N) is 1. The lowest BCUT2D eigenvalue weighted by Gasteiger charge is -2.30. The van der Waals surface area contributed by atoms with Crippen LogP contribution >= 0.6 is 0 Å². The van der Waals surface area contributed by atoms with Gasteiger partial charge in [0.2, 0.25) is 17.4 Å². The zero-order valence-corrected chi connectivity index (χ0v) is 19.1. The van der Waals surface area contributed by atoms with E-state index in [2.05, 4.69) is 5.32 Å². The fraction of sp³-hybridized carbons (Fsp3) is 0.444. The molecule has 0 bridgehead atoms. The van der Waals surface area contributed by atoms with Crippen LogP contribution in [0, 0.1) is 11.8 Å². The Morgan fingerprint density at radius 3 is 2.38 bits per heavy atom. The highest BCUT2D eigenvalue weighted by atomic mass is 16.3. The average molecular weight is 461 g/mol. The summed E-state index contributed by atoms with van der Waals surface area (Å²) >= 11 is 0. The SMILES string of the molecule is O=C1[C@@H]2[C@H](Cc3ccc(O)cc3)[NH2+][C@@]3(C(=O)Nc4ccccc43)[C@@H]2C(=O)N1C1CCCCCC1. The Morgan fingerprint density at radius 1 is 0.941 bits per heavy atom. The van der Waals surface area contributed by atoms with Gasteiger partial charge < -0.3 is 15.7 Å². The number of benzene rings is 2. The lowest BCUT2D eigenvalue weighted by atomic mass is 9.76. The number of rotatable bonds is 3. The third kappa shape index (κ3) is 3.03. The van der Waals surface area contributed by atoms with Crippen LogP contribution in [0.3, 0.4) is 0 Å². The summed E-state index contributed by atoms with van der Waals surface area (Å²) < 4.78 is 0. The highest BCUT2D eigenvalue weighted by Crippen LogP contribution is 2.50. The van der Waals surface area contributed by atoms with E-state index in [0.717, 1.165) is 55.3 Å². The number of anilines is 1. The maximum Gasteiger partial charge on any atom is 0.291 e. The molecule has 0 aromatic heterocycles. The van der Waals surface area contributed by atoms with Crippen molar-refractivity contribution in [1.29, 1.82) is 0 Å². The van der Waals surface area contributed by atoms with Gasteiger partial charge in [0.15, 0.2) is 0 Å². The van der Waals surface area contributed by atoms with Crippen LogP contribution in [0.4, 0.5) is 5.69 Å². The van der Waals surface area contributed by atoms with Gasteiger partial charge in [-0.05, 0) is 36.6 Å². The molecule has 3 amide bonds. The fourth-order valence-corrected chi connectivity index (χ4v) is 6.91. The number of quaternary nitrogens is 1. The minimum absolute atomic E-state index is 0.0702. The predicted molar refractivity (Wildman–Crippen MR) is 125 cm³/mol. The van der Waals surface area contributed by atoms with Gasteiger partial charge in [-0.1, -0.05) is 56.0 Å². The van der Waals surface area contributed by atoms with Crippen molar-refractivity contribution >= 4 is 23.4 Å². The molecule has 2 aromatic carbocycles. The second kappa shape index (κ2) is 7.94. The van der Waals surface area contributed by atoms with Gasteiger partial charge in [0.05, 0.1) is 5.69 Å². The van der Waals surface area contributed by atoms with Crippen molar-refractivity contribution in [3.8, 4) is 5.75 Å². The van der Waals surface area contributed by atoms with Crippen LogP contribution in [-0.4, -0.2) is 39.8 Å². The molecule has 1 spiro atoms. The molecule has 3 aliphatic heterocycles. The van der Waals surface area contributed by atoms with Crippen LogP contribution in [0.5, 0.6) is 5.75 Å². The zero-order chi connectivity index (χ0) is 23.4. The Morgan fingerprint density at radius 2 is 1.65 bits per heavy atom. The van der Waals surface area contributed by atoms with Gasteiger partial charge in [-0.2, -0.15) is 0 Å². The molecule has 4 atom stereocenters. The normalized spacial score (nSPS) is 31.0. The number of nitrogens with zero attached hydrogens (tertiary/aromatic N) is 1. The first-order valence-electron chi connectivity index (χ1n) is 12.4. The third-order valence-electron chi connectivity index (χ3n) is 8.41. The summed E-state index contributed by atoms with van der Waals surface area (Å²) in [4.78, 5) is 43.1. The smallest absolute Gasteiger partial charge is 0.291 e. The molecule has 1 saturated carbocycles. The van der Waals surface area contributed by atoms with Crippen LogP contribution in [0.1, 0.15) is 49.7 Å².